The summed E-state index contributed by atoms with van der Waals surface area (Å²) in [5, 5.41) is 0. The average Bonchev–Trinajstić information content (AvgIpc) is 1.89. The fraction of sp³-hybridized carbons (Fsp3) is 0.556. The Balaban J connectivity index is 2.94. The van der Waals surface area contributed by atoms with E-state index < -0.39 is 0 Å². The average molecular weight is 124 g/mol. The molecule has 0 rings (SSSR count). The summed E-state index contributed by atoms with van der Waals surface area (Å²) in [6, 6.07) is 0. The lowest BCUT2D eigenvalue weighted by molar-refractivity contribution is 0.813. The lowest BCUT2D eigenvalue weighted by Crippen LogP contribution is -1.65. The van der Waals surface area contributed by atoms with E-state index in [1.807, 2.05) is 6.08 Å². The van der Waals surface area contributed by atoms with Gasteiger partial charge in [0.05, 0.1) is 0 Å². The summed E-state index contributed by atoms with van der Waals surface area (Å²) in [5.41, 5.74) is 0. The summed E-state index contributed by atoms with van der Waals surface area (Å²) >= 11 is 0. The summed E-state index contributed by atoms with van der Waals surface area (Å²) in [4.78, 5) is 0. The van der Waals surface area contributed by atoms with Gasteiger partial charge in [-0.3, -0.25) is 0 Å². The van der Waals surface area contributed by atoms with E-state index in [2.05, 4.69) is 25.7 Å². The van der Waals surface area contributed by atoms with Gasteiger partial charge in [0.25, 0.3) is 0 Å². The molecule has 0 aliphatic heterocycles. The molecule has 9 heavy (non-hydrogen) atoms. The SMILES string of the molecule is C=CC/C=C/CCCC. The molecule has 0 heterocycles. The van der Waals surface area contributed by atoms with Crippen molar-refractivity contribution >= 4 is 0 Å². The lowest BCUT2D eigenvalue weighted by Gasteiger charge is -1.85. The third kappa shape index (κ3) is 7.48. The Bertz CT molecular complexity index is 80.0. The molecule has 0 nitrogen and oxygen atoms in total. The van der Waals surface area contributed by atoms with Crippen LogP contribution < -0.4 is 0 Å². The van der Waals surface area contributed by atoms with Gasteiger partial charge in [-0.2, -0.15) is 0 Å². The number of hydrogen-bond donors (Lipinski definition) is 0. The van der Waals surface area contributed by atoms with Crippen molar-refractivity contribution in [3.8, 4) is 0 Å². The van der Waals surface area contributed by atoms with Gasteiger partial charge in [0.1, 0.15) is 0 Å². The molecule has 0 amide bonds. The molecule has 0 atom stereocenters. The highest BCUT2D eigenvalue weighted by molar-refractivity contribution is 4.87. The van der Waals surface area contributed by atoms with Crippen LogP contribution in [0.5, 0.6) is 0 Å². The van der Waals surface area contributed by atoms with Crippen molar-refractivity contribution in [2.45, 2.75) is 32.6 Å². The van der Waals surface area contributed by atoms with Crippen molar-refractivity contribution in [1.29, 1.82) is 0 Å². The second-order valence-corrected chi connectivity index (χ2v) is 2.14. The second kappa shape index (κ2) is 7.48. The van der Waals surface area contributed by atoms with E-state index >= 15 is 0 Å². The maximum absolute atomic E-state index is 3.63. The van der Waals surface area contributed by atoms with E-state index in [-0.39, 0.29) is 0 Å². The van der Waals surface area contributed by atoms with E-state index in [4.69, 9.17) is 0 Å². The normalized spacial score (nSPS) is 10.3. The summed E-state index contributed by atoms with van der Waals surface area (Å²) < 4.78 is 0. The summed E-state index contributed by atoms with van der Waals surface area (Å²) in [6.07, 6.45) is 11.2. The van der Waals surface area contributed by atoms with Crippen molar-refractivity contribution in [3.63, 3.8) is 0 Å². The third-order valence-corrected chi connectivity index (χ3v) is 1.19. The van der Waals surface area contributed by atoms with Crippen LogP contribution in [0.15, 0.2) is 24.8 Å². The van der Waals surface area contributed by atoms with Crippen molar-refractivity contribution in [3.05, 3.63) is 24.8 Å². The first-order valence-electron chi connectivity index (χ1n) is 3.67. The monoisotopic (exact) mass is 124 g/mol. The molecule has 52 valence electrons. The molecular weight excluding hydrogens is 108 g/mol. The molecule has 0 unspecified atom stereocenters. The van der Waals surface area contributed by atoms with Crippen molar-refractivity contribution in [1.82, 2.24) is 0 Å². The molecule has 0 bridgehead atoms. The Labute approximate surface area is 58.3 Å². The largest absolute Gasteiger partial charge is 0.103 e. The van der Waals surface area contributed by atoms with Gasteiger partial charge in [-0.15, -0.1) is 6.58 Å². The van der Waals surface area contributed by atoms with Gasteiger partial charge in [0.15, 0.2) is 0 Å². The van der Waals surface area contributed by atoms with Crippen LogP contribution in [-0.4, -0.2) is 0 Å². The van der Waals surface area contributed by atoms with Gasteiger partial charge in [0.2, 0.25) is 0 Å². The van der Waals surface area contributed by atoms with E-state index in [1.54, 1.807) is 0 Å². The molecule has 0 aromatic rings. The van der Waals surface area contributed by atoms with Crippen LogP contribution in [0.25, 0.3) is 0 Å². The quantitative estimate of drug-likeness (QED) is 0.389. The Morgan fingerprint density at radius 1 is 1.33 bits per heavy atom. The molecule has 0 heteroatoms. The predicted molar refractivity (Wildman–Crippen MR) is 43.5 cm³/mol. The molecule has 0 aliphatic carbocycles. The van der Waals surface area contributed by atoms with Gasteiger partial charge in [0, 0.05) is 0 Å². The number of allylic oxidation sites excluding steroid dienone is 3. The first kappa shape index (κ1) is 8.48. The number of unbranched alkanes of at least 4 members (excludes halogenated alkanes) is 2. The Kier molecular flexibility index (Phi) is 7.05. The minimum Gasteiger partial charge on any atom is -0.103 e. The maximum Gasteiger partial charge on any atom is -0.0172 e. The lowest BCUT2D eigenvalue weighted by atomic mass is 10.2. The Morgan fingerprint density at radius 2 is 2.11 bits per heavy atom. The highest BCUT2D eigenvalue weighted by Crippen LogP contribution is 1.95. The predicted octanol–water partition coefficient (Wildman–Crippen LogP) is 3.31. The molecule has 0 aromatic heterocycles. The van der Waals surface area contributed by atoms with Gasteiger partial charge in [-0.05, 0) is 12.8 Å². The van der Waals surface area contributed by atoms with Crippen LogP contribution in [0, 0.1) is 0 Å². The van der Waals surface area contributed by atoms with Crippen LogP contribution >= 0.6 is 0 Å². The van der Waals surface area contributed by atoms with Crippen LogP contribution in [-0.2, 0) is 0 Å². The van der Waals surface area contributed by atoms with Crippen LogP contribution in [0.4, 0.5) is 0 Å². The maximum atomic E-state index is 3.63. The first-order valence-corrected chi connectivity index (χ1v) is 3.67. The van der Waals surface area contributed by atoms with Crippen LogP contribution in [0.1, 0.15) is 32.6 Å². The molecule has 0 fully saturated rings. The summed E-state index contributed by atoms with van der Waals surface area (Å²) in [6.45, 7) is 5.84. The smallest absolute Gasteiger partial charge is 0.0172 e. The third-order valence-electron chi connectivity index (χ3n) is 1.19. The standard InChI is InChI=1S/C9H16/c1-3-5-7-9-8-6-4-2/h3,7,9H,1,4-6,8H2,2H3/b9-7+. The molecular formula is C9H16. The number of hydrogen-bond acceptors (Lipinski definition) is 0. The Morgan fingerprint density at radius 3 is 2.67 bits per heavy atom. The molecule has 0 spiro atoms. The zero-order valence-corrected chi connectivity index (χ0v) is 6.27. The van der Waals surface area contributed by atoms with Crippen LogP contribution in [0.2, 0.25) is 0 Å². The van der Waals surface area contributed by atoms with Crippen molar-refractivity contribution in [2.24, 2.45) is 0 Å². The van der Waals surface area contributed by atoms with Gasteiger partial charge < -0.3 is 0 Å². The summed E-state index contributed by atoms with van der Waals surface area (Å²) in [7, 11) is 0. The van der Waals surface area contributed by atoms with Crippen molar-refractivity contribution < 1.29 is 0 Å². The molecule has 0 aromatic carbocycles. The first-order chi connectivity index (χ1) is 4.41. The number of rotatable bonds is 5. The van der Waals surface area contributed by atoms with Gasteiger partial charge in [-0.25, -0.2) is 0 Å². The van der Waals surface area contributed by atoms with E-state index in [0.29, 0.717) is 0 Å². The van der Waals surface area contributed by atoms with Gasteiger partial charge >= 0.3 is 0 Å². The highest BCUT2D eigenvalue weighted by atomic mass is 13.8. The second-order valence-electron chi connectivity index (χ2n) is 2.14. The van der Waals surface area contributed by atoms with Gasteiger partial charge in [-0.1, -0.05) is 38.0 Å². The topological polar surface area (TPSA) is 0 Å². The molecule has 0 saturated carbocycles. The zero-order chi connectivity index (χ0) is 6.95. The van der Waals surface area contributed by atoms with E-state index in [9.17, 15) is 0 Å². The zero-order valence-electron chi connectivity index (χ0n) is 6.27. The molecule has 0 aliphatic rings. The van der Waals surface area contributed by atoms with E-state index in [1.165, 1.54) is 19.3 Å². The minimum atomic E-state index is 1.02. The summed E-state index contributed by atoms with van der Waals surface area (Å²) in [5.74, 6) is 0. The fourth-order valence-electron chi connectivity index (χ4n) is 0.632. The molecule has 0 N–H and O–H groups in total. The molecule has 0 saturated heterocycles. The Hall–Kier alpha value is -0.520. The van der Waals surface area contributed by atoms with E-state index in [0.717, 1.165) is 6.42 Å². The molecule has 0 radical (unpaired) electrons. The fourth-order valence-corrected chi connectivity index (χ4v) is 0.632. The minimum absolute atomic E-state index is 1.02. The highest BCUT2D eigenvalue weighted by Gasteiger charge is 1.75. The van der Waals surface area contributed by atoms with Crippen molar-refractivity contribution in [2.75, 3.05) is 0 Å². The van der Waals surface area contributed by atoms with Crippen LogP contribution in [0.3, 0.4) is 0 Å².